The normalized spacial score (nSPS) is 20.3. The summed E-state index contributed by atoms with van der Waals surface area (Å²) in [6.07, 6.45) is 11.2. The number of methoxy groups -OCH3 is 2. The Morgan fingerprint density at radius 1 is 0.932 bits per heavy atom. The Balaban J connectivity index is 1.63. The molecule has 0 spiro atoms. The van der Waals surface area contributed by atoms with E-state index in [9.17, 15) is 24.6 Å². The van der Waals surface area contributed by atoms with Crippen molar-refractivity contribution in [3.63, 3.8) is 0 Å². The maximum absolute atomic E-state index is 12.4. The molecule has 0 bridgehead atoms. The van der Waals surface area contributed by atoms with Gasteiger partial charge in [-0.05, 0) is 92.6 Å². The first-order valence-corrected chi connectivity index (χ1v) is 14.5. The molecule has 8 nitrogen and oxygen atoms in total. The predicted octanol–water partition coefficient (Wildman–Crippen LogP) is 6.30. The van der Waals surface area contributed by atoms with Crippen LogP contribution in [0.15, 0.2) is 72.4 Å². The summed E-state index contributed by atoms with van der Waals surface area (Å²) in [7, 11) is 2.94. The molecule has 0 unspecified atom stereocenters. The molecular formula is C36H42O8. The number of aromatic hydroxyl groups is 1. The molecular weight excluding hydrogens is 560 g/mol. The molecule has 0 fully saturated rings. The molecule has 2 N–H and O–H groups in total. The molecule has 2 aromatic carbocycles. The van der Waals surface area contributed by atoms with Gasteiger partial charge in [-0.3, -0.25) is 14.4 Å². The summed E-state index contributed by atoms with van der Waals surface area (Å²) in [5, 5.41) is 20.7. The monoisotopic (exact) mass is 602 g/mol. The van der Waals surface area contributed by atoms with Gasteiger partial charge in [0.1, 0.15) is 11.7 Å². The van der Waals surface area contributed by atoms with Crippen LogP contribution >= 0.6 is 0 Å². The van der Waals surface area contributed by atoms with E-state index in [2.05, 4.69) is 0 Å². The Morgan fingerprint density at radius 3 is 2.11 bits per heavy atom. The summed E-state index contributed by atoms with van der Waals surface area (Å²) in [4.78, 5) is 37.1. The second-order valence-corrected chi connectivity index (χ2v) is 11.6. The number of benzene rings is 2. The van der Waals surface area contributed by atoms with Crippen LogP contribution in [0.5, 0.6) is 23.0 Å². The van der Waals surface area contributed by atoms with Crippen LogP contribution in [0.25, 0.3) is 12.2 Å². The minimum atomic E-state index is -1.22. The van der Waals surface area contributed by atoms with Crippen LogP contribution in [0.2, 0.25) is 0 Å². The first-order chi connectivity index (χ1) is 20.8. The molecule has 1 aliphatic rings. The van der Waals surface area contributed by atoms with E-state index in [1.54, 1.807) is 61.6 Å². The molecule has 44 heavy (non-hydrogen) atoms. The summed E-state index contributed by atoms with van der Waals surface area (Å²) in [5.74, 6) is 0.623. The molecule has 4 atom stereocenters. The molecule has 0 heterocycles. The van der Waals surface area contributed by atoms with Crippen molar-refractivity contribution >= 4 is 29.5 Å². The van der Waals surface area contributed by atoms with Crippen LogP contribution in [0.4, 0.5) is 0 Å². The average Bonchev–Trinajstić information content (AvgIpc) is 2.96. The third kappa shape index (κ3) is 9.81. The van der Waals surface area contributed by atoms with Gasteiger partial charge in [0.25, 0.3) is 0 Å². The first kappa shape index (κ1) is 34.1. The number of aliphatic hydroxyl groups is 1. The molecule has 234 valence electrons. The number of ether oxygens (including phenoxy) is 3. The highest BCUT2D eigenvalue weighted by Gasteiger charge is 2.38. The van der Waals surface area contributed by atoms with E-state index in [0.717, 1.165) is 5.57 Å². The molecule has 0 saturated carbocycles. The highest BCUT2D eigenvalue weighted by molar-refractivity contribution is 6.10. The Morgan fingerprint density at radius 2 is 1.52 bits per heavy atom. The Kier molecular flexibility index (Phi) is 11.9. The molecule has 0 saturated heterocycles. The fraction of sp³-hybridized carbons (Fsp3) is 0.361. The third-order valence-corrected chi connectivity index (χ3v) is 7.46. The van der Waals surface area contributed by atoms with Crippen molar-refractivity contribution in [1.29, 1.82) is 0 Å². The first-order valence-electron chi connectivity index (χ1n) is 14.5. The van der Waals surface area contributed by atoms with Crippen LogP contribution in [0.3, 0.4) is 0 Å². The molecule has 0 aliphatic heterocycles. The predicted molar refractivity (Wildman–Crippen MR) is 171 cm³/mol. The number of allylic oxidation sites excluding steroid dienone is 5. The van der Waals surface area contributed by atoms with Gasteiger partial charge in [-0.2, -0.15) is 0 Å². The molecule has 0 amide bonds. The van der Waals surface area contributed by atoms with E-state index in [1.165, 1.54) is 32.4 Å². The largest absolute Gasteiger partial charge is 0.504 e. The summed E-state index contributed by atoms with van der Waals surface area (Å²) in [6.45, 7) is 7.52. The van der Waals surface area contributed by atoms with Crippen LogP contribution in [0.1, 0.15) is 58.1 Å². The minimum absolute atomic E-state index is 0.00574. The van der Waals surface area contributed by atoms with Gasteiger partial charge < -0.3 is 24.4 Å². The number of hydrogen-bond donors (Lipinski definition) is 2. The lowest BCUT2D eigenvalue weighted by atomic mass is 9.76. The van der Waals surface area contributed by atoms with Gasteiger partial charge in [-0.25, -0.2) is 0 Å². The number of carbonyl (C=O) groups is 3. The van der Waals surface area contributed by atoms with Crippen LogP contribution in [0, 0.1) is 11.8 Å². The number of phenols is 1. The van der Waals surface area contributed by atoms with Gasteiger partial charge in [0.05, 0.1) is 20.6 Å². The second-order valence-electron chi connectivity index (χ2n) is 11.6. The average molecular weight is 603 g/mol. The van der Waals surface area contributed by atoms with E-state index in [0.29, 0.717) is 35.5 Å². The van der Waals surface area contributed by atoms with E-state index in [1.807, 2.05) is 26.8 Å². The zero-order chi connectivity index (χ0) is 32.4. The van der Waals surface area contributed by atoms with E-state index in [-0.39, 0.29) is 47.1 Å². The van der Waals surface area contributed by atoms with Crippen molar-refractivity contribution < 1.29 is 38.8 Å². The summed E-state index contributed by atoms with van der Waals surface area (Å²) < 4.78 is 16.9. The fourth-order valence-electron chi connectivity index (χ4n) is 4.93. The quantitative estimate of drug-likeness (QED) is 0.147. The minimum Gasteiger partial charge on any atom is -0.504 e. The maximum Gasteiger partial charge on any atom is 0.163 e. The molecule has 2 aromatic rings. The van der Waals surface area contributed by atoms with Crippen molar-refractivity contribution in [3.05, 3.63) is 83.5 Å². The lowest BCUT2D eigenvalue weighted by Crippen LogP contribution is -2.46. The maximum atomic E-state index is 12.4. The smallest absolute Gasteiger partial charge is 0.163 e. The third-order valence-electron chi connectivity index (χ3n) is 7.46. The van der Waals surface area contributed by atoms with Gasteiger partial charge in [0.2, 0.25) is 0 Å². The lowest BCUT2D eigenvalue weighted by Gasteiger charge is -2.38. The molecule has 1 aliphatic carbocycles. The zero-order valence-corrected chi connectivity index (χ0v) is 26.2. The Bertz CT molecular complexity index is 1470. The fourth-order valence-corrected chi connectivity index (χ4v) is 4.93. The highest BCUT2D eigenvalue weighted by atomic mass is 16.5. The Hall–Kier alpha value is -4.43. The van der Waals surface area contributed by atoms with Gasteiger partial charge in [-0.1, -0.05) is 48.9 Å². The number of ketones is 3. The number of hydrogen-bond acceptors (Lipinski definition) is 8. The van der Waals surface area contributed by atoms with Crippen LogP contribution < -0.4 is 14.2 Å². The van der Waals surface area contributed by atoms with Crippen molar-refractivity contribution in [2.75, 3.05) is 14.2 Å². The van der Waals surface area contributed by atoms with E-state index in [4.69, 9.17) is 14.2 Å². The van der Waals surface area contributed by atoms with Gasteiger partial charge >= 0.3 is 0 Å². The topological polar surface area (TPSA) is 119 Å². The van der Waals surface area contributed by atoms with Crippen molar-refractivity contribution in [1.82, 2.24) is 0 Å². The highest BCUT2D eigenvalue weighted by Crippen LogP contribution is 2.37. The summed E-state index contributed by atoms with van der Waals surface area (Å²) in [6, 6.07) is 9.86. The summed E-state index contributed by atoms with van der Waals surface area (Å²) in [5.41, 5.74) is 1.07. The Labute approximate surface area is 259 Å². The second kappa shape index (κ2) is 15.3. The lowest BCUT2D eigenvalue weighted by molar-refractivity contribution is -0.122. The van der Waals surface area contributed by atoms with Crippen LogP contribution in [-0.2, 0) is 14.4 Å². The molecule has 0 aromatic heterocycles. The van der Waals surface area contributed by atoms with Crippen molar-refractivity contribution in [3.8, 4) is 23.0 Å². The van der Waals surface area contributed by atoms with Crippen molar-refractivity contribution in [2.45, 2.75) is 58.7 Å². The molecule has 8 heteroatoms. The standard InChI is InChI=1S/C36H42O8/c1-23(2)17-30(39)18-24(3)27-15-16-36(4,41)35(21-27)44-32-14-10-26(20-34(32)43-6)8-12-29(38)22-28(37)11-7-25-9-13-31(40)33(19-25)42-5/h7-17,19-20,24,27,35,40-41H,18,21-22H2,1-6H3/b11-7+,12-8+/t24-,27+,35-,36+/m0/s1. The number of phenolic OH excluding ortho intramolecular Hbond substituents is 1. The van der Waals surface area contributed by atoms with Crippen molar-refractivity contribution in [2.24, 2.45) is 11.8 Å². The van der Waals surface area contributed by atoms with Gasteiger partial charge in [0, 0.05) is 6.42 Å². The molecule has 3 rings (SSSR count). The van der Waals surface area contributed by atoms with E-state index >= 15 is 0 Å². The van der Waals surface area contributed by atoms with Crippen LogP contribution in [-0.4, -0.2) is 53.5 Å². The number of rotatable bonds is 14. The number of carbonyl (C=O) groups excluding carboxylic acids is 3. The van der Waals surface area contributed by atoms with Gasteiger partial charge in [0.15, 0.2) is 40.3 Å². The SMILES string of the molecule is COc1cc(/C=C/C(=O)CC(=O)/C=C/c2ccc(O[C@H]3C[C@H]([C@@H](C)CC(=O)C=C(C)C)C=C[C@@]3(C)O)c(OC)c2)ccc1O. The molecule has 0 radical (unpaired) electrons. The summed E-state index contributed by atoms with van der Waals surface area (Å²) >= 11 is 0. The van der Waals surface area contributed by atoms with E-state index < -0.39 is 11.7 Å². The zero-order valence-electron chi connectivity index (χ0n) is 26.2. The van der Waals surface area contributed by atoms with Gasteiger partial charge in [-0.15, -0.1) is 0 Å².